The van der Waals surface area contributed by atoms with E-state index >= 15 is 0 Å². The van der Waals surface area contributed by atoms with E-state index in [0.717, 1.165) is 22.5 Å². The molecule has 0 amide bonds. The summed E-state index contributed by atoms with van der Waals surface area (Å²) in [5.74, 6) is -0.0273. The molecular weight excluding hydrogens is 296 g/mol. The normalized spacial score (nSPS) is 11.2. The second-order valence-corrected chi connectivity index (χ2v) is 6.05. The minimum absolute atomic E-state index is 0.0273. The molecule has 0 atom stereocenters. The van der Waals surface area contributed by atoms with E-state index in [0.29, 0.717) is 0 Å². The number of hydrogen-bond acceptors (Lipinski definition) is 3. The van der Waals surface area contributed by atoms with Gasteiger partial charge in [0.15, 0.2) is 5.78 Å². The smallest absolute Gasteiger partial charge is 0.178 e. The Balaban J connectivity index is 2.05. The Morgan fingerprint density at radius 2 is 1.17 bits per heavy atom. The lowest BCUT2D eigenvalue weighted by molar-refractivity contribution is -0.110. The number of ketones is 1. The van der Waals surface area contributed by atoms with Crippen LogP contribution in [0.5, 0.6) is 0 Å². The largest absolute Gasteiger partial charge is 0.378 e. The third-order valence-corrected chi connectivity index (χ3v) is 3.65. The first-order valence-corrected chi connectivity index (χ1v) is 7.90. The van der Waals surface area contributed by atoms with E-state index in [4.69, 9.17) is 0 Å². The fraction of sp³-hybridized carbons (Fsp3) is 0.190. The van der Waals surface area contributed by atoms with Crippen LogP contribution in [0.1, 0.15) is 11.1 Å². The topological polar surface area (TPSA) is 23.6 Å². The Hall–Kier alpha value is -2.81. The van der Waals surface area contributed by atoms with Gasteiger partial charge >= 0.3 is 0 Å². The van der Waals surface area contributed by atoms with Crippen LogP contribution >= 0.6 is 0 Å². The second-order valence-electron chi connectivity index (χ2n) is 6.05. The number of carbonyl (C=O) groups is 1. The number of carbonyl (C=O) groups excluding carboxylic acids is 1. The molecule has 2 aromatic carbocycles. The maximum atomic E-state index is 12.0. The molecule has 2 aromatic rings. The summed E-state index contributed by atoms with van der Waals surface area (Å²) in [6, 6.07) is 16.1. The van der Waals surface area contributed by atoms with Crippen molar-refractivity contribution in [1.82, 2.24) is 0 Å². The van der Waals surface area contributed by atoms with E-state index in [9.17, 15) is 4.79 Å². The molecule has 0 fully saturated rings. The zero-order valence-electron chi connectivity index (χ0n) is 14.7. The van der Waals surface area contributed by atoms with Crippen molar-refractivity contribution in [3.8, 4) is 0 Å². The van der Waals surface area contributed by atoms with Gasteiger partial charge in [-0.15, -0.1) is 0 Å². The Morgan fingerprint density at radius 1 is 0.750 bits per heavy atom. The summed E-state index contributed by atoms with van der Waals surface area (Å²) in [5, 5.41) is 0. The van der Waals surface area contributed by atoms with Crippen LogP contribution in [0.2, 0.25) is 0 Å². The van der Waals surface area contributed by atoms with Crippen molar-refractivity contribution in [2.24, 2.45) is 0 Å². The van der Waals surface area contributed by atoms with E-state index in [2.05, 4.69) is 0 Å². The second kappa shape index (κ2) is 8.16. The highest BCUT2D eigenvalue weighted by Crippen LogP contribution is 2.15. The molecule has 0 aliphatic carbocycles. The quantitative estimate of drug-likeness (QED) is 0.748. The monoisotopic (exact) mass is 320 g/mol. The van der Waals surface area contributed by atoms with E-state index < -0.39 is 0 Å². The van der Waals surface area contributed by atoms with Crippen molar-refractivity contribution in [1.29, 1.82) is 0 Å². The van der Waals surface area contributed by atoms with Crippen molar-refractivity contribution in [3.63, 3.8) is 0 Å². The molecule has 0 aromatic heterocycles. The predicted octanol–water partition coefficient (Wildman–Crippen LogP) is 4.11. The summed E-state index contributed by atoms with van der Waals surface area (Å²) in [6.45, 7) is 0. The molecule has 0 bridgehead atoms. The third kappa shape index (κ3) is 5.13. The van der Waals surface area contributed by atoms with E-state index in [-0.39, 0.29) is 5.78 Å². The third-order valence-electron chi connectivity index (χ3n) is 3.65. The number of rotatable bonds is 6. The molecule has 0 saturated carbocycles. The van der Waals surface area contributed by atoms with Gasteiger partial charge in [-0.05, 0) is 47.5 Å². The SMILES string of the molecule is CN(C)c1cccc(C=CC(=O)C=Cc2cccc(N(C)C)c2)c1. The molecule has 0 aliphatic heterocycles. The maximum absolute atomic E-state index is 12.0. The summed E-state index contributed by atoms with van der Waals surface area (Å²) in [7, 11) is 7.99. The standard InChI is InChI=1S/C21H24N2O/c1-22(2)19-9-5-7-17(15-19)11-13-21(24)14-12-18-8-6-10-20(16-18)23(3)4/h5-16H,1-4H3. The summed E-state index contributed by atoms with van der Waals surface area (Å²) in [5.41, 5.74) is 4.25. The van der Waals surface area contributed by atoms with Crippen LogP contribution < -0.4 is 9.80 Å². The summed E-state index contributed by atoms with van der Waals surface area (Å²) in [4.78, 5) is 16.1. The molecule has 0 N–H and O–H groups in total. The minimum Gasteiger partial charge on any atom is -0.378 e. The van der Waals surface area contributed by atoms with E-state index in [1.54, 1.807) is 12.2 Å². The first-order valence-electron chi connectivity index (χ1n) is 7.90. The number of benzene rings is 2. The average molecular weight is 320 g/mol. The predicted molar refractivity (Wildman–Crippen MR) is 105 cm³/mol. The zero-order valence-corrected chi connectivity index (χ0v) is 14.7. The Morgan fingerprint density at radius 3 is 1.54 bits per heavy atom. The Labute approximate surface area is 144 Å². The van der Waals surface area contributed by atoms with Gasteiger partial charge in [0.05, 0.1) is 0 Å². The molecule has 124 valence electrons. The van der Waals surface area contributed by atoms with Crippen LogP contribution in [0.25, 0.3) is 12.2 Å². The van der Waals surface area contributed by atoms with Gasteiger partial charge in [0.1, 0.15) is 0 Å². The highest BCUT2D eigenvalue weighted by atomic mass is 16.1. The van der Waals surface area contributed by atoms with Crippen LogP contribution in [0, 0.1) is 0 Å². The molecule has 24 heavy (non-hydrogen) atoms. The Kier molecular flexibility index (Phi) is 5.96. The van der Waals surface area contributed by atoms with E-state index in [1.165, 1.54) is 0 Å². The van der Waals surface area contributed by atoms with Crippen molar-refractivity contribution < 1.29 is 4.79 Å². The molecular formula is C21H24N2O. The van der Waals surface area contributed by atoms with Crippen molar-refractivity contribution >= 4 is 29.3 Å². The maximum Gasteiger partial charge on any atom is 0.178 e. The van der Waals surface area contributed by atoms with Gasteiger partial charge in [0.2, 0.25) is 0 Å². The number of anilines is 2. The molecule has 0 heterocycles. The minimum atomic E-state index is -0.0273. The first-order chi connectivity index (χ1) is 11.5. The number of nitrogens with zero attached hydrogens (tertiary/aromatic N) is 2. The van der Waals surface area contributed by atoms with Crippen LogP contribution in [0.4, 0.5) is 11.4 Å². The highest BCUT2D eigenvalue weighted by Gasteiger charge is 1.97. The zero-order chi connectivity index (χ0) is 17.5. The summed E-state index contributed by atoms with van der Waals surface area (Å²) < 4.78 is 0. The van der Waals surface area contributed by atoms with Gasteiger partial charge < -0.3 is 9.80 Å². The molecule has 0 saturated heterocycles. The number of allylic oxidation sites excluding steroid dienone is 2. The van der Waals surface area contributed by atoms with Crippen LogP contribution in [-0.4, -0.2) is 34.0 Å². The van der Waals surface area contributed by atoms with Crippen molar-refractivity contribution in [2.75, 3.05) is 38.0 Å². The molecule has 0 spiro atoms. The van der Waals surface area contributed by atoms with Gasteiger partial charge in [0, 0.05) is 39.6 Å². The molecule has 3 heteroatoms. The summed E-state index contributed by atoms with van der Waals surface area (Å²) in [6.07, 6.45) is 6.88. The Bertz CT molecular complexity index is 694. The van der Waals surface area contributed by atoms with Gasteiger partial charge in [-0.1, -0.05) is 36.4 Å². The lowest BCUT2D eigenvalue weighted by Crippen LogP contribution is -2.08. The van der Waals surface area contributed by atoms with Gasteiger partial charge in [-0.25, -0.2) is 0 Å². The molecule has 0 aliphatic rings. The molecule has 3 nitrogen and oxygen atoms in total. The van der Waals surface area contributed by atoms with Crippen molar-refractivity contribution in [2.45, 2.75) is 0 Å². The first kappa shape index (κ1) is 17.5. The lowest BCUT2D eigenvalue weighted by atomic mass is 10.1. The van der Waals surface area contributed by atoms with Crippen molar-refractivity contribution in [3.05, 3.63) is 71.8 Å². The van der Waals surface area contributed by atoms with Gasteiger partial charge in [-0.3, -0.25) is 4.79 Å². The van der Waals surface area contributed by atoms with E-state index in [1.807, 2.05) is 98.7 Å². The average Bonchev–Trinajstić information content (AvgIpc) is 2.58. The fourth-order valence-corrected chi connectivity index (χ4v) is 2.23. The van der Waals surface area contributed by atoms with Gasteiger partial charge in [-0.2, -0.15) is 0 Å². The summed E-state index contributed by atoms with van der Waals surface area (Å²) >= 11 is 0. The molecule has 2 rings (SSSR count). The lowest BCUT2D eigenvalue weighted by Gasteiger charge is -2.12. The molecule has 0 radical (unpaired) electrons. The van der Waals surface area contributed by atoms with Crippen LogP contribution in [0.15, 0.2) is 60.7 Å². The highest BCUT2D eigenvalue weighted by molar-refractivity contribution is 6.04. The van der Waals surface area contributed by atoms with Crippen LogP contribution in [-0.2, 0) is 4.79 Å². The fourth-order valence-electron chi connectivity index (χ4n) is 2.23. The molecule has 0 unspecified atom stereocenters. The number of hydrogen-bond donors (Lipinski definition) is 0. The van der Waals surface area contributed by atoms with Crippen LogP contribution in [0.3, 0.4) is 0 Å². The van der Waals surface area contributed by atoms with Gasteiger partial charge in [0.25, 0.3) is 0 Å².